The average Bonchev–Trinajstić information content (AvgIpc) is 3.23. The number of hydrogen-bond acceptors (Lipinski definition) is 4. The Morgan fingerprint density at radius 1 is 1.19 bits per heavy atom. The molecule has 1 aliphatic heterocycles. The fourth-order valence-electron chi connectivity index (χ4n) is 3.14. The molecule has 4 rings (SSSR count). The molecule has 1 aromatic carbocycles. The van der Waals surface area contributed by atoms with E-state index < -0.39 is 11.7 Å². The van der Waals surface area contributed by atoms with Crippen molar-refractivity contribution in [1.29, 1.82) is 0 Å². The van der Waals surface area contributed by atoms with E-state index in [0.717, 1.165) is 38.1 Å². The first kappa shape index (κ1) is 16.6. The molecule has 0 bridgehead atoms. The minimum absolute atomic E-state index is 0.215. The number of nitrogens with zero attached hydrogens (tertiary/aromatic N) is 4. The highest BCUT2D eigenvalue weighted by molar-refractivity contribution is 5.74. The molecule has 9 heteroatoms. The molecule has 1 aliphatic rings. The lowest BCUT2D eigenvalue weighted by Crippen LogP contribution is -2.23. The molecule has 0 radical (unpaired) electrons. The first-order chi connectivity index (χ1) is 12.3. The molecule has 0 saturated carbocycles. The Morgan fingerprint density at radius 3 is 2.62 bits per heavy atom. The van der Waals surface area contributed by atoms with Crippen molar-refractivity contribution in [2.75, 3.05) is 18.0 Å². The highest BCUT2D eigenvalue weighted by Crippen LogP contribution is 2.31. The van der Waals surface area contributed by atoms with E-state index >= 15 is 0 Å². The van der Waals surface area contributed by atoms with E-state index in [1.54, 1.807) is 6.92 Å². The van der Waals surface area contributed by atoms with Crippen LogP contribution in [0.1, 0.15) is 24.0 Å². The van der Waals surface area contributed by atoms with E-state index in [0.29, 0.717) is 11.5 Å². The molecule has 0 aliphatic carbocycles. The molecule has 1 saturated heterocycles. The fourth-order valence-corrected chi connectivity index (χ4v) is 3.14. The molecule has 1 N–H and O–H groups in total. The summed E-state index contributed by atoms with van der Waals surface area (Å²) in [5.74, 6) is 0.450. The molecule has 3 heterocycles. The molecule has 3 aromatic rings. The normalized spacial score (nSPS) is 15.2. The van der Waals surface area contributed by atoms with Gasteiger partial charge in [-0.05, 0) is 37.5 Å². The second kappa shape index (κ2) is 5.86. The molecule has 6 nitrogen and oxygen atoms in total. The van der Waals surface area contributed by atoms with E-state index in [-0.39, 0.29) is 22.3 Å². The summed E-state index contributed by atoms with van der Waals surface area (Å²) >= 11 is 0. The van der Waals surface area contributed by atoms with Gasteiger partial charge in [-0.25, -0.2) is 4.68 Å². The predicted molar refractivity (Wildman–Crippen MR) is 90.7 cm³/mol. The van der Waals surface area contributed by atoms with Gasteiger partial charge in [0, 0.05) is 19.3 Å². The largest absolute Gasteiger partial charge is 0.416 e. The molecular weight excluding hydrogens is 347 g/mol. The number of benzene rings is 1. The van der Waals surface area contributed by atoms with Crippen LogP contribution in [0.15, 0.2) is 29.2 Å². The monoisotopic (exact) mass is 363 g/mol. The summed E-state index contributed by atoms with van der Waals surface area (Å²) in [4.78, 5) is 21.4. The Morgan fingerprint density at radius 2 is 1.92 bits per heavy atom. The number of nitrogens with one attached hydrogen (secondary N) is 1. The minimum atomic E-state index is -4.45. The van der Waals surface area contributed by atoms with Gasteiger partial charge >= 0.3 is 6.18 Å². The number of aromatic nitrogens is 4. The highest BCUT2D eigenvalue weighted by atomic mass is 19.4. The third-order valence-corrected chi connectivity index (χ3v) is 4.57. The van der Waals surface area contributed by atoms with Crippen LogP contribution in [0.2, 0.25) is 0 Å². The van der Waals surface area contributed by atoms with Gasteiger partial charge in [-0.3, -0.25) is 9.78 Å². The fraction of sp³-hybridized carbons (Fsp3) is 0.353. The third kappa shape index (κ3) is 2.83. The van der Waals surface area contributed by atoms with Crippen LogP contribution in [-0.4, -0.2) is 32.8 Å². The summed E-state index contributed by atoms with van der Waals surface area (Å²) < 4.78 is 40.3. The summed E-state index contributed by atoms with van der Waals surface area (Å²) in [6, 6.07) is 3.44. The zero-order valence-electron chi connectivity index (χ0n) is 14.0. The van der Waals surface area contributed by atoms with Crippen molar-refractivity contribution in [3.8, 4) is 5.69 Å². The number of H-pyrrole nitrogens is 1. The maximum absolute atomic E-state index is 13.0. The van der Waals surface area contributed by atoms with Crippen molar-refractivity contribution in [3.63, 3.8) is 0 Å². The number of aromatic amines is 1. The van der Waals surface area contributed by atoms with Crippen LogP contribution in [0.5, 0.6) is 0 Å². The lowest BCUT2D eigenvalue weighted by atomic mass is 10.1. The van der Waals surface area contributed by atoms with Crippen LogP contribution in [0.3, 0.4) is 0 Å². The van der Waals surface area contributed by atoms with Crippen LogP contribution < -0.4 is 10.5 Å². The Hall–Kier alpha value is -2.84. The van der Waals surface area contributed by atoms with Gasteiger partial charge in [0.1, 0.15) is 5.39 Å². The van der Waals surface area contributed by atoms with Crippen molar-refractivity contribution in [3.05, 3.63) is 45.9 Å². The Balaban J connectivity index is 1.83. The third-order valence-electron chi connectivity index (χ3n) is 4.57. The quantitative estimate of drug-likeness (QED) is 0.760. The predicted octanol–water partition coefficient (Wildman–Crippen LogP) is 3.04. The van der Waals surface area contributed by atoms with Crippen molar-refractivity contribution in [2.24, 2.45) is 0 Å². The Labute approximate surface area is 146 Å². The van der Waals surface area contributed by atoms with Gasteiger partial charge in [0.15, 0.2) is 5.65 Å². The van der Waals surface area contributed by atoms with E-state index in [9.17, 15) is 18.0 Å². The van der Waals surface area contributed by atoms with Crippen LogP contribution in [-0.2, 0) is 6.18 Å². The zero-order chi connectivity index (χ0) is 18.5. The maximum atomic E-state index is 13.0. The van der Waals surface area contributed by atoms with E-state index in [4.69, 9.17) is 0 Å². The lowest BCUT2D eigenvalue weighted by molar-refractivity contribution is -0.137. The summed E-state index contributed by atoms with van der Waals surface area (Å²) in [7, 11) is 0. The summed E-state index contributed by atoms with van der Waals surface area (Å²) in [6.45, 7) is 3.30. The number of hydrogen-bond donors (Lipinski definition) is 1. The van der Waals surface area contributed by atoms with E-state index in [1.807, 2.05) is 4.90 Å². The Bertz CT molecular complexity index is 1030. The zero-order valence-corrected chi connectivity index (χ0v) is 14.0. The number of anilines is 1. The van der Waals surface area contributed by atoms with Gasteiger partial charge in [0.2, 0.25) is 5.95 Å². The van der Waals surface area contributed by atoms with Gasteiger partial charge in [-0.2, -0.15) is 18.2 Å². The number of aryl methyl sites for hydroxylation is 1. The molecule has 2 aromatic heterocycles. The number of rotatable bonds is 2. The number of halogens is 3. The highest BCUT2D eigenvalue weighted by Gasteiger charge is 2.31. The maximum Gasteiger partial charge on any atom is 0.416 e. The number of fused-ring (bicyclic) bond motifs is 1. The summed E-state index contributed by atoms with van der Waals surface area (Å²) in [6.07, 6.45) is -0.982. The molecule has 0 atom stereocenters. The first-order valence-electron chi connectivity index (χ1n) is 8.26. The average molecular weight is 363 g/mol. The van der Waals surface area contributed by atoms with Crippen molar-refractivity contribution >= 4 is 17.0 Å². The molecule has 0 spiro atoms. The molecule has 1 fully saturated rings. The van der Waals surface area contributed by atoms with E-state index in [2.05, 4.69) is 15.1 Å². The van der Waals surface area contributed by atoms with Gasteiger partial charge in [0.25, 0.3) is 5.56 Å². The summed E-state index contributed by atoms with van der Waals surface area (Å²) in [5, 5.41) is 4.49. The summed E-state index contributed by atoms with van der Waals surface area (Å²) in [5.41, 5.74) is -0.0283. The molecule has 0 unspecified atom stereocenters. The minimum Gasteiger partial charge on any atom is -0.342 e. The van der Waals surface area contributed by atoms with Crippen LogP contribution in [0, 0.1) is 6.92 Å². The second-order valence-electron chi connectivity index (χ2n) is 6.39. The SMILES string of the molecule is Cc1ccc(C(F)(F)F)cc1-n1cc2c(=O)[nH]c(N3CCCC3)nc2n1. The van der Waals surface area contributed by atoms with Gasteiger partial charge in [-0.1, -0.05) is 6.07 Å². The van der Waals surface area contributed by atoms with Gasteiger partial charge < -0.3 is 4.90 Å². The molecule has 136 valence electrons. The van der Waals surface area contributed by atoms with Crippen LogP contribution in [0.25, 0.3) is 16.7 Å². The first-order valence-corrected chi connectivity index (χ1v) is 8.26. The topological polar surface area (TPSA) is 66.8 Å². The second-order valence-corrected chi connectivity index (χ2v) is 6.39. The van der Waals surface area contributed by atoms with Gasteiger partial charge in [-0.15, -0.1) is 5.10 Å². The number of alkyl halides is 3. The Kier molecular flexibility index (Phi) is 3.74. The standard InChI is InChI=1S/C17H16F3N5O/c1-10-4-5-11(17(18,19)20)8-13(10)25-9-12-14(23-25)21-16(22-15(12)26)24-6-2-3-7-24/h4-5,8-9H,2-3,6-7H2,1H3,(H,21,22,23,26). The molecule has 26 heavy (non-hydrogen) atoms. The van der Waals surface area contributed by atoms with Crippen LogP contribution in [0.4, 0.5) is 19.1 Å². The lowest BCUT2D eigenvalue weighted by Gasteiger charge is -2.14. The van der Waals surface area contributed by atoms with Crippen molar-refractivity contribution in [1.82, 2.24) is 19.7 Å². The smallest absolute Gasteiger partial charge is 0.342 e. The molecule has 0 amide bonds. The van der Waals surface area contributed by atoms with Crippen molar-refractivity contribution in [2.45, 2.75) is 25.9 Å². The van der Waals surface area contributed by atoms with Crippen LogP contribution >= 0.6 is 0 Å². The van der Waals surface area contributed by atoms with Gasteiger partial charge in [0.05, 0.1) is 11.3 Å². The molecular formula is C17H16F3N5O. The van der Waals surface area contributed by atoms with Crippen molar-refractivity contribution < 1.29 is 13.2 Å². The van der Waals surface area contributed by atoms with E-state index in [1.165, 1.54) is 16.9 Å².